The molecule has 264 valence electrons. The zero-order valence-corrected chi connectivity index (χ0v) is 31.3. The van der Waals surface area contributed by atoms with Gasteiger partial charge in [0.25, 0.3) is 0 Å². The van der Waals surface area contributed by atoms with Crippen molar-refractivity contribution >= 4 is 65.3 Å². The second-order valence-electron chi connectivity index (χ2n) is 15.5. The number of nitrogens with zero attached hydrogens (tertiary/aromatic N) is 1. The summed E-state index contributed by atoms with van der Waals surface area (Å²) < 4.78 is 9.32. The molecule has 0 radical (unpaired) electrons. The number of hydrogen-bond acceptors (Lipinski definition) is 1. The lowest BCUT2D eigenvalue weighted by Crippen LogP contribution is -2.23. The molecule has 1 aliphatic rings. The number of para-hydroxylation sites is 2. The average Bonchev–Trinajstić information content (AvgIpc) is 3.88. The second-order valence-corrected chi connectivity index (χ2v) is 15.5. The molecule has 0 N–H and O–H groups in total. The Balaban J connectivity index is 1.09. The summed E-state index contributed by atoms with van der Waals surface area (Å²) in [6, 6.07) is 65.0. The molecule has 0 aliphatic heterocycles. The van der Waals surface area contributed by atoms with Gasteiger partial charge in [-0.25, -0.2) is 0 Å². The molecule has 0 spiro atoms. The first-order valence-electron chi connectivity index (χ1n) is 19.7. The maximum atomic E-state index is 6.91. The van der Waals surface area contributed by atoms with Gasteiger partial charge in [0.15, 0.2) is 0 Å². The van der Waals surface area contributed by atoms with Crippen LogP contribution in [0.15, 0.2) is 180 Å². The van der Waals surface area contributed by atoms with Crippen LogP contribution in [-0.2, 0) is 12.0 Å². The summed E-state index contributed by atoms with van der Waals surface area (Å²) in [6.45, 7) is 5.59. The topological polar surface area (TPSA) is 18.1 Å². The molecule has 2 heteroatoms. The number of aromatic nitrogens is 1. The van der Waals surface area contributed by atoms with Gasteiger partial charge in [-0.3, -0.25) is 0 Å². The van der Waals surface area contributed by atoms with Gasteiger partial charge in [-0.1, -0.05) is 146 Å². The van der Waals surface area contributed by atoms with Gasteiger partial charge in [0.05, 0.1) is 0 Å². The van der Waals surface area contributed by atoms with Crippen LogP contribution in [-0.4, -0.2) is 4.57 Å². The monoisotopic (exact) mass is 715 g/mol. The maximum Gasteiger partial charge on any atom is 0.143 e. The van der Waals surface area contributed by atoms with Gasteiger partial charge in [-0.15, -0.1) is 0 Å². The highest BCUT2D eigenvalue weighted by molar-refractivity contribution is 6.21. The first-order chi connectivity index (χ1) is 27.6. The summed E-state index contributed by atoms with van der Waals surface area (Å²) in [5, 5.41) is 9.86. The van der Waals surface area contributed by atoms with Crippen LogP contribution in [0.2, 0.25) is 0 Å². The molecule has 9 aromatic carbocycles. The SMILES string of the molecule is CCn1c2ccccc2c2cc(-c3ccc4oc5c(-c6c7ccccc7c(C7(C)c8ccccc8-c8ccccc87)c7ccccc67)cccc5c4c3)ccc21. The van der Waals surface area contributed by atoms with E-state index in [0.717, 1.165) is 34.0 Å². The molecule has 11 aromatic rings. The van der Waals surface area contributed by atoms with Gasteiger partial charge in [0, 0.05) is 55.7 Å². The second kappa shape index (κ2) is 11.6. The molecule has 12 rings (SSSR count). The van der Waals surface area contributed by atoms with E-state index in [1.165, 1.54) is 87.9 Å². The Kier molecular flexibility index (Phi) is 6.49. The van der Waals surface area contributed by atoms with Crippen molar-refractivity contribution in [2.75, 3.05) is 0 Å². The highest BCUT2D eigenvalue weighted by atomic mass is 16.3. The number of benzene rings is 9. The smallest absolute Gasteiger partial charge is 0.143 e. The van der Waals surface area contributed by atoms with Gasteiger partial charge in [0.2, 0.25) is 0 Å². The largest absolute Gasteiger partial charge is 0.455 e. The van der Waals surface area contributed by atoms with Crippen LogP contribution in [0.3, 0.4) is 0 Å². The molecule has 56 heavy (non-hydrogen) atoms. The lowest BCUT2D eigenvalue weighted by Gasteiger charge is -2.32. The molecule has 0 unspecified atom stereocenters. The molecular formula is C54H37NO. The highest BCUT2D eigenvalue weighted by Gasteiger charge is 2.42. The summed E-state index contributed by atoms with van der Waals surface area (Å²) in [7, 11) is 0. The molecule has 0 saturated heterocycles. The van der Waals surface area contributed by atoms with Crippen molar-refractivity contribution in [1.82, 2.24) is 4.57 Å². The molecule has 2 heterocycles. The van der Waals surface area contributed by atoms with Crippen LogP contribution in [0.4, 0.5) is 0 Å². The first-order valence-corrected chi connectivity index (χ1v) is 19.7. The Hall–Kier alpha value is -6.90. The molecule has 0 fully saturated rings. The number of rotatable bonds is 4. The fraction of sp³-hybridized carbons (Fsp3) is 0.0741. The van der Waals surface area contributed by atoms with Crippen molar-refractivity contribution in [1.29, 1.82) is 0 Å². The minimum atomic E-state index is -0.346. The molecule has 0 amide bonds. The van der Waals surface area contributed by atoms with E-state index in [9.17, 15) is 0 Å². The lowest BCUT2D eigenvalue weighted by atomic mass is 9.70. The van der Waals surface area contributed by atoms with Gasteiger partial charge < -0.3 is 8.98 Å². The van der Waals surface area contributed by atoms with Crippen molar-refractivity contribution in [3.05, 3.63) is 193 Å². The molecule has 0 bridgehead atoms. The van der Waals surface area contributed by atoms with E-state index in [0.29, 0.717) is 0 Å². The third-order valence-electron chi connectivity index (χ3n) is 12.8. The van der Waals surface area contributed by atoms with Crippen molar-refractivity contribution < 1.29 is 4.42 Å². The normalized spacial score (nSPS) is 13.4. The Morgan fingerprint density at radius 3 is 1.64 bits per heavy atom. The van der Waals surface area contributed by atoms with E-state index in [1.54, 1.807) is 0 Å². The van der Waals surface area contributed by atoms with Crippen LogP contribution in [0.25, 0.3) is 98.7 Å². The number of hydrogen-bond donors (Lipinski definition) is 0. The number of furan rings is 1. The van der Waals surface area contributed by atoms with Crippen molar-refractivity contribution in [3.63, 3.8) is 0 Å². The Labute approximate surface area is 324 Å². The third-order valence-corrected chi connectivity index (χ3v) is 12.8. The molecular weight excluding hydrogens is 679 g/mol. The molecule has 2 aromatic heterocycles. The van der Waals surface area contributed by atoms with E-state index in [2.05, 4.69) is 194 Å². The lowest BCUT2D eigenvalue weighted by molar-refractivity contribution is 0.670. The fourth-order valence-electron chi connectivity index (χ4n) is 10.4. The van der Waals surface area contributed by atoms with Crippen LogP contribution < -0.4 is 0 Å². The van der Waals surface area contributed by atoms with Gasteiger partial charge in [0.1, 0.15) is 11.2 Å². The molecule has 0 saturated carbocycles. The zero-order valence-electron chi connectivity index (χ0n) is 31.3. The van der Waals surface area contributed by atoms with Crippen molar-refractivity contribution in [2.45, 2.75) is 25.8 Å². The van der Waals surface area contributed by atoms with Crippen molar-refractivity contribution in [2.24, 2.45) is 0 Å². The summed E-state index contributed by atoms with van der Waals surface area (Å²) in [6.07, 6.45) is 0. The van der Waals surface area contributed by atoms with E-state index < -0.39 is 0 Å². The highest BCUT2D eigenvalue weighted by Crippen LogP contribution is 2.56. The number of aryl methyl sites for hydroxylation is 1. The fourth-order valence-corrected chi connectivity index (χ4v) is 10.4. The maximum absolute atomic E-state index is 6.91. The quantitative estimate of drug-likeness (QED) is 0.166. The first kappa shape index (κ1) is 31.5. The van der Waals surface area contributed by atoms with Gasteiger partial charge >= 0.3 is 0 Å². The summed E-state index contributed by atoms with van der Waals surface area (Å²) in [4.78, 5) is 0. The summed E-state index contributed by atoms with van der Waals surface area (Å²) in [5.41, 5.74) is 15.5. The Morgan fingerprint density at radius 1 is 0.446 bits per heavy atom. The van der Waals surface area contributed by atoms with Crippen molar-refractivity contribution in [3.8, 4) is 33.4 Å². The van der Waals surface area contributed by atoms with Crippen LogP contribution in [0, 0.1) is 0 Å². The summed E-state index contributed by atoms with van der Waals surface area (Å²) >= 11 is 0. The predicted octanol–water partition coefficient (Wildman–Crippen LogP) is 14.7. The standard InChI is InChI=1S/C54H37NO/c1-3-55-48-26-13-10-17-37(48)44-31-33(27-29-49(44)55)34-28-30-50-45(32-34)42-22-14-23-43(53(42)56-50)51-38-18-4-6-20-40(38)52(41-21-7-5-19-39(41)51)54(2)46-24-11-8-15-35(46)36-16-9-12-25-47(36)54/h4-32H,3H2,1-2H3. The van der Waals surface area contributed by atoms with E-state index in [1.807, 2.05) is 0 Å². The minimum absolute atomic E-state index is 0.346. The van der Waals surface area contributed by atoms with E-state index in [4.69, 9.17) is 4.42 Å². The van der Waals surface area contributed by atoms with E-state index >= 15 is 0 Å². The van der Waals surface area contributed by atoms with Crippen LogP contribution in [0.5, 0.6) is 0 Å². The van der Waals surface area contributed by atoms with Gasteiger partial charge in [-0.05, 0) is 105 Å². The Bertz CT molecular complexity index is 3330. The minimum Gasteiger partial charge on any atom is -0.455 e. The van der Waals surface area contributed by atoms with Gasteiger partial charge in [-0.2, -0.15) is 0 Å². The molecule has 1 aliphatic carbocycles. The van der Waals surface area contributed by atoms with Crippen LogP contribution in [0.1, 0.15) is 30.5 Å². The van der Waals surface area contributed by atoms with Crippen LogP contribution >= 0.6 is 0 Å². The predicted molar refractivity (Wildman–Crippen MR) is 236 cm³/mol. The molecule has 0 atom stereocenters. The average molecular weight is 716 g/mol. The number of fused-ring (bicyclic) bond motifs is 11. The van der Waals surface area contributed by atoms with E-state index in [-0.39, 0.29) is 5.41 Å². The third kappa shape index (κ3) is 4.11. The summed E-state index contributed by atoms with van der Waals surface area (Å²) in [5.74, 6) is 0. The molecule has 2 nitrogen and oxygen atoms in total. The zero-order chi connectivity index (χ0) is 37.1. The Morgan fingerprint density at radius 2 is 0.964 bits per heavy atom.